The second-order valence-corrected chi connectivity index (χ2v) is 4.75. The molecule has 0 bridgehead atoms. The highest BCUT2D eigenvalue weighted by Gasteiger charge is 2.31. The molecular formula is C13H12F3N3O. The number of halogens is 3. The van der Waals surface area contributed by atoms with E-state index in [2.05, 4.69) is 10.1 Å². The van der Waals surface area contributed by atoms with Gasteiger partial charge in [-0.05, 0) is 25.0 Å². The maximum absolute atomic E-state index is 12.7. The van der Waals surface area contributed by atoms with Crippen molar-refractivity contribution in [1.29, 1.82) is 0 Å². The van der Waals surface area contributed by atoms with Gasteiger partial charge in [-0.25, -0.2) is 9.67 Å². The molecule has 1 aliphatic rings. The Kier molecular flexibility index (Phi) is 3.01. The van der Waals surface area contributed by atoms with Crippen LogP contribution in [0, 0.1) is 0 Å². The molecule has 1 unspecified atom stereocenters. The van der Waals surface area contributed by atoms with Gasteiger partial charge in [0.1, 0.15) is 12.1 Å². The molecule has 1 aromatic carbocycles. The molecule has 0 aliphatic carbocycles. The number of aliphatic hydroxyl groups excluding tert-OH is 1. The van der Waals surface area contributed by atoms with Crippen molar-refractivity contribution in [2.45, 2.75) is 31.7 Å². The largest absolute Gasteiger partial charge is 0.416 e. The fourth-order valence-electron chi connectivity index (χ4n) is 2.29. The van der Waals surface area contributed by atoms with E-state index in [4.69, 9.17) is 0 Å². The first-order valence-electron chi connectivity index (χ1n) is 6.26. The summed E-state index contributed by atoms with van der Waals surface area (Å²) in [4.78, 5) is 4.22. The van der Waals surface area contributed by atoms with Crippen LogP contribution in [-0.4, -0.2) is 19.9 Å². The van der Waals surface area contributed by atoms with Crippen molar-refractivity contribution < 1.29 is 18.3 Å². The Morgan fingerprint density at radius 2 is 2.10 bits per heavy atom. The molecule has 0 amide bonds. The number of hydrogen-bond acceptors (Lipinski definition) is 3. The number of fused-ring (bicyclic) bond motifs is 1. The van der Waals surface area contributed by atoms with E-state index < -0.39 is 18.0 Å². The summed E-state index contributed by atoms with van der Waals surface area (Å²) in [6, 6.07) is 4.89. The van der Waals surface area contributed by atoms with E-state index in [1.165, 1.54) is 16.8 Å². The molecule has 7 heteroatoms. The predicted molar refractivity (Wildman–Crippen MR) is 64.7 cm³/mol. The summed E-state index contributed by atoms with van der Waals surface area (Å²) in [6.07, 6.45) is -3.09. The third kappa shape index (κ3) is 2.29. The SMILES string of the molecule is OC1CCCc2nc(-c3cccc(C(F)(F)F)c3)nn21. The first-order chi connectivity index (χ1) is 9.45. The number of alkyl halides is 3. The maximum Gasteiger partial charge on any atom is 0.416 e. The molecule has 20 heavy (non-hydrogen) atoms. The smallest absolute Gasteiger partial charge is 0.372 e. The Balaban J connectivity index is 2.02. The zero-order valence-corrected chi connectivity index (χ0v) is 10.4. The predicted octanol–water partition coefficient (Wildman–Crippen LogP) is 2.79. The van der Waals surface area contributed by atoms with Crippen LogP contribution in [0.4, 0.5) is 13.2 Å². The standard InChI is InChI=1S/C13H12F3N3O/c14-13(15,16)9-4-1-3-8(7-9)12-17-10-5-2-6-11(20)19(10)18-12/h1,3-4,7,11,20H,2,5-6H2. The van der Waals surface area contributed by atoms with Gasteiger partial charge in [0.05, 0.1) is 5.56 Å². The summed E-state index contributed by atoms with van der Waals surface area (Å²) in [5.74, 6) is 0.822. The third-order valence-electron chi connectivity index (χ3n) is 3.29. The molecule has 3 rings (SSSR count). The van der Waals surface area contributed by atoms with E-state index in [0.29, 0.717) is 24.2 Å². The summed E-state index contributed by atoms with van der Waals surface area (Å²) in [6.45, 7) is 0. The van der Waals surface area contributed by atoms with Crippen molar-refractivity contribution >= 4 is 0 Å². The van der Waals surface area contributed by atoms with Gasteiger partial charge in [0.25, 0.3) is 0 Å². The van der Waals surface area contributed by atoms with Gasteiger partial charge in [0, 0.05) is 12.0 Å². The molecule has 0 radical (unpaired) electrons. The summed E-state index contributed by atoms with van der Waals surface area (Å²) < 4.78 is 39.4. The van der Waals surface area contributed by atoms with Crippen LogP contribution in [-0.2, 0) is 12.6 Å². The van der Waals surface area contributed by atoms with Crippen LogP contribution in [0.5, 0.6) is 0 Å². The van der Waals surface area contributed by atoms with Gasteiger partial charge in [-0.2, -0.15) is 13.2 Å². The number of rotatable bonds is 1. The number of aromatic nitrogens is 3. The average molecular weight is 283 g/mol. The third-order valence-corrected chi connectivity index (χ3v) is 3.29. The van der Waals surface area contributed by atoms with E-state index in [0.717, 1.165) is 18.6 Å². The number of aliphatic hydroxyl groups is 1. The van der Waals surface area contributed by atoms with E-state index in [1.54, 1.807) is 0 Å². The molecule has 1 aromatic heterocycles. The Morgan fingerprint density at radius 1 is 1.30 bits per heavy atom. The molecule has 0 fully saturated rings. The topological polar surface area (TPSA) is 50.9 Å². The summed E-state index contributed by atoms with van der Waals surface area (Å²) in [5, 5.41) is 13.9. The molecule has 2 heterocycles. The summed E-state index contributed by atoms with van der Waals surface area (Å²) >= 11 is 0. The fraction of sp³-hybridized carbons (Fsp3) is 0.385. The lowest BCUT2D eigenvalue weighted by molar-refractivity contribution is -0.137. The fourth-order valence-corrected chi connectivity index (χ4v) is 2.29. The van der Waals surface area contributed by atoms with Gasteiger partial charge in [-0.3, -0.25) is 0 Å². The first kappa shape index (κ1) is 13.1. The lowest BCUT2D eigenvalue weighted by Crippen LogP contribution is -2.18. The Labute approximate surface area is 112 Å². The molecular weight excluding hydrogens is 271 g/mol. The molecule has 1 atom stereocenters. The molecule has 106 valence electrons. The summed E-state index contributed by atoms with van der Waals surface area (Å²) in [7, 11) is 0. The van der Waals surface area contributed by atoms with Crippen LogP contribution >= 0.6 is 0 Å². The van der Waals surface area contributed by atoms with E-state index in [9.17, 15) is 18.3 Å². The lowest BCUT2D eigenvalue weighted by Gasteiger charge is -2.17. The van der Waals surface area contributed by atoms with Gasteiger partial charge in [0.2, 0.25) is 0 Å². The molecule has 2 aromatic rings. The second-order valence-electron chi connectivity index (χ2n) is 4.75. The molecule has 1 aliphatic heterocycles. The maximum atomic E-state index is 12.7. The molecule has 0 saturated heterocycles. The van der Waals surface area contributed by atoms with E-state index >= 15 is 0 Å². The van der Waals surface area contributed by atoms with E-state index in [1.807, 2.05) is 0 Å². The van der Waals surface area contributed by atoms with Crippen LogP contribution in [0.15, 0.2) is 24.3 Å². The summed E-state index contributed by atoms with van der Waals surface area (Å²) in [5.41, 5.74) is -0.433. The molecule has 4 nitrogen and oxygen atoms in total. The number of aryl methyl sites for hydroxylation is 1. The van der Waals surface area contributed by atoms with Crippen LogP contribution in [0.3, 0.4) is 0 Å². The van der Waals surface area contributed by atoms with Crippen molar-refractivity contribution in [3.63, 3.8) is 0 Å². The molecule has 1 N–H and O–H groups in total. The van der Waals surface area contributed by atoms with Gasteiger partial charge < -0.3 is 5.11 Å². The monoisotopic (exact) mass is 283 g/mol. The van der Waals surface area contributed by atoms with Crippen LogP contribution in [0.25, 0.3) is 11.4 Å². The van der Waals surface area contributed by atoms with Gasteiger partial charge in [-0.1, -0.05) is 12.1 Å². The van der Waals surface area contributed by atoms with Gasteiger partial charge in [-0.15, -0.1) is 5.10 Å². The number of nitrogens with zero attached hydrogens (tertiary/aromatic N) is 3. The number of benzene rings is 1. The second kappa shape index (κ2) is 4.59. The van der Waals surface area contributed by atoms with Gasteiger partial charge in [0.15, 0.2) is 5.82 Å². The van der Waals surface area contributed by atoms with Crippen molar-refractivity contribution in [3.8, 4) is 11.4 Å². The minimum atomic E-state index is -4.39. The van der Waals surface area contributed by atoms with Crippen molar-refractivity contribution in [2.75, 3.05) is 0 Å². The van der Waals surface area contributed by atoms with Crippen molar-refractivity contribution in [1.82, 2.24) is 14.8 Å². The highest BCUT2D eigenvalue weighted by molar-refractivity contribution is 5.56. The van der Waals surface area contributed by atoms with Crippen LogP contribution < -0.4 is 0 Å². The Hall–Kier alpha value is -1.89. The normalized spacial score (nSPS) is 18.9. The first-order valence-corrected chi connectivity index (χ1v) is 6.26. The molecule has 0 spiro atoms. The minimum absolute atomic E-state index is 0.215. The average Bonchev–Trinajstić information content (AvgIpc) is 2.83. The Morgan fingerprint density at radius 3 is 2.80 bits per heavy atom. The van der Waals surface area contributed by atoms with E-state index in [-0.39, 0.29) is 5.82 Å². The highest BCUT2D eigenvalue weighted by atomic mass is 19.4. The van der Waals surface area contributed by atoms with Crippen LogP contribution in [0.2, 0.25) is 0 Å². The van der Waals surface area contributed by atoms with Crippen molar-refractivity contribution in [2.24, 2.45) is 0 Å². The Bertz CT molecular complexity index is 636. The zero-order valence-electron chi connectivity index (χ0n) is 10.4. The quantitative estimate of drug-likeness (QED) is 0.875. The minimum Gasteiger partial charge on any atom is -0.372 e. The van der Waals surface area contributed by atoms with Crippen LogP contribution in [0.1, 0.15) is 30.5 Å². The highest BCUT2D eigenvalue weighted by Crippen LogP contribution is 2.32. The molecule has 0 saturated carbocycles. The van der Waals surface area contributed by atoms with Crippen molar-refractivity contribution in [3.05, 3.63) is 35.7 Å². The zero-order chi connectivity index (χ0) is 14.3. The number of hydrogen-bond donors (Lipinski definition) is 1. The lowest BCUT2D eigenvalue weighted by atomic mass is 10.1. The van der Waals surface area contributed by atoms with Gasteiger partial charge >= 0.3 is 6.18 Å².